The minimum atomic E-state index is -0.469. The van der Waals surface area contributed by atoms with Gasteiger partial charge in [-0.25, -0.2) is 9.78 Å². The van der Waals surface area contributed by atoms with Gasteiger partial charge < -0.3 is 10.1 Å². The molecule has 1 aromatic heterocycles. The molecular weight excluding hydrogens is 380 g/mol. The van der Waals surface area contributed by atoms with Gasteiger partial charge in [-0.05, 0) is 30.9 Å². The van der Waals surface area contributed by atoms with Crippen molar-refractivity contribution in [1.29, 1.82) is 0 Å². The highest BCUT2D eigenvalue weighted by atomic mass is 32.2. The highest BCUT2D eigenvalue weighted by Crippen LogP contribution is 2.27. The van der Waals surface area contributed by atoms with Crippen LogP contribution < -0.4 is 5.32 Å². The Bertz CT molecular complexity index is 764. The molecule has 0 unspecified atom stereocenters. The summed E-state index contributed by atoms with van der Waals surface area (Å²) in [4.78, 5) is 29.7. The van der Waals surface area contributed by atoms with E-state index in [0.717, 1.165) is 29.9 Å². The molecule has 0 saturated heterocycles. The molecule has 1 saturated carbocycles. The SMILES string of the molecule is C[C@@H]1CCCC[C@@H]1NC(=O)COC(=O)c1ccccc1SCc1cscn1. The number of aromatic nitrogens is 1. The molecule has 0 aliphatic heterocycles. The Balaban J connectivity index is 1.52. The lowest BCUT2D eigenvalue weighted by Gasteiger charge is -2.29. The summed E-state index contributed by atoms with van der Waals surface area (Å²) in [6, 6.07) is 7.49. The summed E-state index contributed by atoms with van der Waals surface area (Å²) in [5, 5.41) is 5.00. The van der Waals surface area contributed by atoms with E-state index in [2.05, 4.69) is 17.2 Å². The Labute approximate surface area is 167 Å². The van der Waals surface area contributed by atoms with Crippen LogP contribution in [0.1, 0.15) is 48.7 Å². The summed E-state index contributed by atoms with van der Waals surface area (Å²) in [6.07, 6.45) is 4.49. The van der Waals surface area contributed by atoms with Gasteiger partial charge in [0.2, 0.25) is 0 Å². The molecule has 5 nitrogen and oxygen atoms in total. The number of benzene rings is 1. The molecular formula is C20H24N2O3S2. The van der Waals surface area contributed by atoms with Gasteiger partial charge in [-0.2, -0.15) is 0 Å². The Morgan fingerprint density at radius 3 is 2.89 bits per heavy atom. The average Bonchev–Trinajstić information content (AvgIpc) is 3.20. The zero-order valence-electron chi connectivity index (χ0n) is 15.3. The van der Waals surface area contributed by atoms with Gasteiger partial charge in [0, 0.05) is 22.1 Å². The van der Waals surface area contributed by atoms with Crippen molar-refractivity contribution in [3.8, 4) is 0 Å². The lowest BCUT2D eigenvalue weighted by atomic mass is 9.86. The van der Waals surface area contributed by atoms with Crippen molar-refractivity contribution in [3.63, 3.8) is 0 Å². The summed E-state index contributed by atoms with van der Waals surface area (Å²) < 4.78 is 5.27. The van der Waals surface area contributed by atoms with Crippen LogP contribution in [0.5, 0.6) is 0 Å². The topological polar surface area (TPSA) is 68.3 Å². The molecule has 27 heavy (non-hydrogen) atoms. The third-order valence-electron chi connectivity index (χ3n) is 4.76. The Morgan fingerprint density at radius 2 is 2.11 bits per heavy atom. The Morgan fingerprint density at radius 1 is 1.30 bits per heavy atom. The van der Waals surface area contributed by atoms with Crippen molar-refractivity contribution in [1.82, 2.24) is 10.3 Å². The molecule has 1 aromatic carbocycles. The summed E-state index contributed by atoms with van der Waals surface area (Å²) >= 11 is 3.09. The molecule has 0 bridgehead atoms. The van der Waals surface area contributed by atoms with Crippen LogP contribution in [-0.4, -0.2) is 29.5 Å². The number of hydrogen-bond donors (Lipinski definition) is 1. The third kappa shape index (κ3) is 5.81. The van der Waals surface area contributed by atoms with Crippen molar-refractivity contribution in [2.24, 2.45) is 5.92 Å². The monoisotopic (exact) mass is 404 g/mol. The van der Waals surface area contributed by atoms with E-state index in [-0.39, 0.29) is 18.6 Å². The predicted octanol–water partition coefficient (Wildman–Crippen LogP) is 4.29. The molecule has 1 N–H and O–H groups in total. The van der Waals surface area contributed by atoms with Crippen molar-refractivity contribution in [2.45, 2.75) is 49.3 Å². The molecule has 1 aliphatic carbocycles. The van der Waals surface area contributed by atoms with E-state index in [1.807, 2.05) is 17.5 Å². The van der Waals surface area contributed by atoms with Crippen LogP contribution in [0.3, 0.4) is 0 Å². The molecule has 1 amide bonds. The lowest BCUT2D eigenvalue weighted by molar-refractivity contribution is -0.125. The number of amides is 1. The van der Waals surface area contributed by atoms with E-state index < -0.39 is 5.97 Å². The normalized spacial score (nSPS) is 19.4. The summed E-state index contributed by atoms with van der Waals surface area (Å²) in [7, 11) is 0. The number of rotatable bonds is 7. The minimum absolute atomic E-state index is 0.186. The van der Waals surface area contributed by atoms with E-state index >= 15 is 0 Å². The quantitative estimate of drug-likeness (QED) is 0.551. The summed E-state index contributed by atoms with van der Waals surface area (Å²) in [6.45, 7) is 1.92. The van der Waals surface area contributed by atoms with Crippen LogP contribution in [0, 0.1) is 5.92 Å². The zero-order chi connectivity index (χ0) is 19.1. The van der Waals surface area contributed by atoms with Crippen LogP contribution in [0.2, 0.25) is 0 Å². The molecule has 2 aromatic rings. The largest absolute Gasteiger partial charge is 0.452 e. The number of nitrogens with zero attached hydrogens (tertiary/aromatic N) is 1. The van der Waals surface area contributed by atoms with Gasteiger partial charge in [0.1, 0.15) is 0 Å². The first-order chi connectivity index (χ1) is 13.1. The van der Waals surface area contributed by atoms with E-state index in [0.29, 0.717) is 17.2 Å². The predicted molar refractivity (Wildman–Crippen MR) is 108 cm³/mol. The number of hydrogen-bond acceptors (Lipinski definition) is 6. The highest BCUT2D eigenvalue weighted by molar-refractivity contribution is 7.98. The molecule has 1 heterocycles. The smallest absolute Gasteiger partial charge is 0.339 e. The number of nitrogens with one attached hydrogen (secondary N) is 1. The first-order valence-electron chi connectivity index (χ1n) is 9.19. The van der Waals surface area contributed by atoms with Crippen LogP contribution in [-0.2, 0) is 15.3 Å². The second-order valence-electron chi connectivity index (χ2n) is 6.78. The van der Waals surface area contributed by atoms with Crippen molar-refractivity contribution < 1.29 is 14.3 Å². The average molecular weight is 405 g/mol. The fourth-order valence-electron chi connectivity index (χ4n) is 3.21. The van der Waals surface area contributed by atoms with Crippen LogP contribution in [0.4, 0.5) is 0 Å². The first-order valence-corrected chi connectivity index (χ1v) is 11.1. The molecule has 3 rings (SSSR count). The third-order valence-corrected chi connectivity index (χ3v) is 6.50. The number of carbonyl (C=O) groups excluding carboxylic acids is 2. The van der Waals surface area contributed by atoms with Gasteiger partial charge >= 0.3 is 5.97 Å². The molecule has 0 radical (unpaired) electrons. The zero-order valence-corrected chi connectivity index (χ0v) is 17.0. The van der Waals surface area contributed by atoms with Crippen molar-refractivity contribution in [2.75, 3.05) is 6.61 Å². The van der Waals surface area contributed by atoms with E-state index in [9.17, 15) is 9.59 Å². The fraction of sp³-hybridized carbons (Fsp3) is 0.450. The van der Waals surface area contributed by atoms with Crippen molar-refractivity contribution in [3.05, 3.63) is 46.4 Å². The maximum atomic E-state index is 12.5. The first kappa shape index (κ1) is 19.9. The molecule has 7 heteroatoms. The van der Waals surface area contributed by atoms with Gasteiger partial charge in [-0.3, -0.25) is 4.79 Å². The Hall–Kier alpha value is -1.86. The van der Waals surface area contributed by atoms with E-state index in [1.165, 1.54) is 18.2 Å². The van der Waals surface area contributed by atoms with Gasteiger partial charge in [-0.1, -0.05) is 31.9 Å². The summed E-state index contributed by atoms with van der Waals surface area (Å²) in [5.74, 6) is 0.465. The molecule has 1 fully saturated rings. The second kappa shape index (κ2) is 9.90. The minimum Gasteiger partial charge on any atom is -0.452 e. The van der Waals surface area contributed by atoms with Crippen LogP contribution in [0.25, 0.3) is 0 Å². The van der Waals surface area contributed by atoms with Crippen LogP contribution in [0.15, 0.2) is 40.1 Å². The summed E-state index contributed by atoms with van der Waals surface area (Å²) in [5.41, 5.74) is 3.26. The van der Waals surface area contributed by atoms with E-state index in [1.54, 1.807) is 29.0 Å². The number of esters is 1. The van der Waals surface area contributed by atoms with E-state index in [4.69, 9.17) is 4.74 Å². The second-order valence-corrected chi connectivity index (χ2v) is 8.51. The number of thiazole rings is 1. The fourth-order valence-corrected chi connectivity index (χ4v) is 4.82. The maximum Gasteiger partial charge on any atom is 0.339 e. The van der Waals surface area contributed by atoms with Gasteiger partial charge in [0.05, 0.1) is 16.8 Å². The van der Waals surface area contributed by atoms with Gasteiger partial charge in [0.15, 0.2) is 6.61 Å². The van der Waals surface area contributed by atoms with Gasteiger partial charge in [0.25, 0.3) is 5.91 Å². The molecule has 1 aliphatic rings. The molecule has 0 spiro atoms. The number of ether oxygens (including phenoxy) is 1. The number of thioether (sulfide) groups is 1. The Kier molecular flexibility index (Phi) is 7.29. The highest BCUT2D eigenvalue weighted by Gasteiger charge is 2.23. The number of carbonyl (C=O) groups is 2. The van der Waals surface area contributed by atoms with Gasteiger partial charge in [-0.15, -0.1) is 23.1 Å². The molecule has 144 valence electrons. The standard InChI is InChI=1S/C20H24N2O3S2/c1-14-6-2-4-8-17(14)22-19(23)10-25-20(24)16-7-3-5-9-18(16)27-12-15-11-26-13-21-15/h3,5,7,9,11,13-14,17H,2,4,6,8,10,12H2,1H3,(H,22,23)/t14-,17+/m1/s1. The lowest BCUT2D eigenvalue weighted by Crippen LogP contribution is -2.42. The van der Waals surface area contributed by atoms with Crippen LogP contribution >= 0.6 is 23.1 Å². The van der Waals surface area contributed by atoms with Crippen molar-refractivity contribution >= 4 is 35.0 Å². The molecule has 2 atom stereocenters. The maximum absolute atomic E-state index is 12.5.